The molecule has 1 aromatic rings. The summed E-state index contributed by atoms with van der Waals surface area (Å²) >= 11 is 0. The summed E-state index contributed by atoms with van der Waals surface area (Å²) in [6.07, 6.45) is 0. The third kappa shape index (κ3) is 2.67. The fourth-order valence-corrected chi connectivity index (χ4v) is 2.26. The van der Waals surface area contributed by atoms with Gasteiger partial charge in [-0.3, -0.25) is 4.90 Å². The van der Waals surface area contributed by atoms with Gasteiger partial charge in [0.2, 0.25) is 0 Å². The number of aliphatic hydroxyl groups is 1. The molecule has 1 heterocycles. The molecule has 1 atom stereocenters. The summed E-state index contributed by atoms with van der Waals surface area (Å²) < 4.78 is 13.3. The average molecular weight is 249 g/mol. The van der Waals surface area contributed by atoms with Crippen molar-refractivity contribution in [2.24, 2.45) is 0 Å². The molecule has 1 fully saturated rings. The average Bonchev–Trinajstić information content (AvgIpc) is 2.42. The lowest BCUT2D eigenvalue weighted by Crippen LogP contribution is -2.46. The maximum atomic E-state index is 13.3. The van der Waals surface area contributed by atoms with Crippen LogP contribution in [0.1, 0.15) is 17.2 Å². The highest BCUT2D eigenvalue weighted by atomic mass is 19.1. The van der Waals surface area contributed by atoms with Crippen LogP contribution in [0.2, 0.25) is 0 Å². The molecule has 18 heavy (non-hydrogen) atoms. The highest BCUT2D eigenvalue weighted by molar-refractivity contribution is 5.35. The third-order valence-corrected chi connectivity index (χ3v) is 3.26. The van der Waals surface area contributed by atoms with E-state index in [0.717, 1.165) is 31.7 Å². The maximum Gasteiger partial charge on any atom is 0.140 e. The van der Waals surface area contributed by atoms with Gasteiger partial charge in [0.15, 0.2) is 0 Å². The van der Waals surface area contributed by atoms with Crippen LogP contribution < -0.4 is 5.32 Å². The molecular weight excluding hydrogens is 233 g/mol. The number of nitrogens with zero attached hydrogens (tertiary/aromatic N) is 2. The first-order valence-corrected chi connectivity index (χ1v) is 6.01. The summed E-state index contributed by atoms with van der Waals surface area (Å²) in [4.78, 5) is 2.14. The van der Waals surface area contributed by atoms with Crippen molar-refractivity contribution in [3.05, 3.63) is 35.1 Å². The Hall–Kier alpha value is -1.48. The number of halogens is 1. The van der Waals surface area contributed by atoms with E-state index < -0.39 is 5.82 Å². The molecule has 0 bridgehead atoms. The Morgan fingerprint density at radius 3 is 2.78 bits per heavy atom. The number of hydrogen-bond donors (Lipinski definition) is 2. The van der Waals surface area contributed by atoms with Crippen LogP contribution in [0.25, 0.3) is 0 Å². The highest BCUT2D eigenvalue weighted by Crippen LogP contribution is 2.22. The van der Waals surface area contributed by atoms with Crippen molar-refractivity contribution >= 4 is 0 Å². The largest absolute Gasteiger partial charge is 0.394 e. The molecule has 1 aliphatic rings. The number of rotatable bonds is 3. The molecule has 2 rings (SSSR count). The van der Waals surface area contributed by atoms with Gasteiger partial charge in [-0.05, 0) is 17.7 Å². The van der Waals surface area contributed by atoms with Crippen LogP contribution >= 0.6 is 0 Å². The predicted molar refractivity (Wildman–Crippen MR) is 65.4 cm³/mol. The second-order valence-corrected chi connectivity index (χ2v) is 4.34. The molecule has 2 N–H and O–H groups in total. The minimum Gasteiger partial charge on any atom is -0.394 e. The van der Waals surface area contributed by atoms with Gasteiger partial charge in [0, 0.05) is 26.2 Å². The summed E-state index contributed by atoms with van der Waals surface area (Å²) in [5.74, 6) is -0.516. The van der Waals surface area contributed by atoms with Crippen LogP contribution in [0.5, 0.6) is 0 Å². The Bertz CT molecular complexity index is 452. The van der Waals surface area contributed by atoms with Crippen molar-refractivity contribution in [3.63, 3.8) is 0 Å². The second kappa shape index (κ2) is 5.91. The third-order valence-electron chi connectivity index (χ3n) is 3.26. The molecule has 4 nitrogen and oxygen atoms in total. The van der Waals surface area contributed by atoms with Crippen molar-refractivity contribution in [2.75, 3.05) is 32.8 Å². The van der Waals surface area contributed by atoms with E-state index in [1.807, 2.05) is 6.07 Å². The van der Waals surface area contributed by atoms with Crippen molar-refractivity contribution in [1.82, 2.24) is 10.2 Å². The number of nitrogens with one attached hydrogen (secondary N) is 1. The fourth-order valence-electron chi connectivity index (χ4n) is 2.26. The van der Waals surface area contributed by atoms with Gasteiger partial charge in [0.05, 0.1) is 18.2 Å². The normalized spacial score (nSPS) is 18.3. The Morgan fingerprint density at radius 2 is 2.17 bits per heavy atom. The monoisotopic (exact) mass is 249 g/mol. The van der Waals surface area contributed by atoms with Crippen molar-refractivity contribution in [1.29, 1.82) is 5.26 Å². The first kappa shape index (κ1) is 13.0. The Balaban J connectivity index is 2.24. The molecule has 1 aliphatic heterocycles. The molecular formula is C13H16FN3O. The van der Waals surface area contributed by atoms with E-state index in [4.69, 9.17) is 5.26 Å². The van der Waals surface area contributed by atoms with E-state index in [-0.39, 0.29) is 18.2 Å². The number of nitriles is 1. The number of hydrogen-bond acceptors (Lipinski definition) is 4. The molecule has 0 spiro atoms. The zero-order chi connectivity index (χ0) is 13.0. The van der Waals surface area contributed by atoms with Crippen LogP contribution in [0.4, 0.5) is 4.39 Å². The lowest BCUT2D eigenvalue weighted by molar-refractivity contribution is 0.111. The van der Waals surface area contributed by atoms with E-state index in [9.17, 15) is 9.50 Å². The quantitative estimate of drug-likeness (QED) is 0.825. The molecule has 0 amide bonds. The molecule has 0 aromatic heterocycles. The van der Waals surface area contributed by atoms with E-state index in [0.29, 0.717) is 0 Å². The van der Waals surface area contributed by atoms with Gasteiger partial charge in [0.1, 0.15) is 11.9 Å². The zero-order valence-corrected chi connectivity index (χ0v) is 10.1. The summed E-state index contributed by atoms with van der Waals surface area (Å²) in [5.41, 5.74) is 0.818. The Morgan fingerprint density at radius 1 is 1.44 bits per heavy atom. The van der Waals surface area contributed by atoms with Crippen molar-refractivity contribution in [2.45, 2.75) is 6.04 Å². The standard InChI is InChI=1S/C13H16FN3O/c14-12-2-1-10(7-11(12)8-15)13(9-18)17-5-3-16-4-6-17/h1-2,7,13,16,18H,3-6,9H2/t13-/m1/s1. The van der Waals surface area contributed by atoms with Gasteiger partial charge in [-0.15, -0.1) is 0 Å². The van der Waals surface area contributed by atoms with Crippen LogP contribution in [0, 0.1) is 17.1 Å². The van der Waals surface area contributed by atoms with E-state index in [1.54, 1.807) is 6.07 Å². The minimum atomic E-state index is -0.516. The van der Waals surface area contributed by atoms with Gasteiger partial charge >= 0.3 is 0 Å². The summed E-state index contributed by atoms with van der Waals surface area (Å²) in [5, 5.41) is 21.6. The van der Waals surface area contributed by atoms with Crippen LogP contribution in [-0.4, -0.2) is 42.8 Å². The van der Waals surface area contributed by atoms with Gasteiger partial charge in [-0.1, -0.05) is 6.07 Å². The molecule has 1 aromatic carbocycles. The maximum absolute atomic E-state index is 13.3. The van der Waals surface area contributed by atoms with Gasteiger partial charge < -0.3 is 10.4 Å². The summed E-state index contributed by atoms with van der Waals surface area (Å²) in [6.45, 7) is 3.40. The van der Waals surface area contributed by atoms with E-state index in [2.05, 4.69) is 10.2 Å². The number of aliphatic hydroxyl groups excluding tert-OH is 1. The molecule has 0 unspecified atom stereocenters. The van der Waals surface area contributed by atoms with Gasteiger partial charge in [-0.2, -0.15) is 5.26 Å². The van der Waals surface area contributed by atoms with E-state index >= 15 is 0 Å². The summed E-state index contributed by atoms with van der Waals surface area (Å²) in [6, 6.07) is 6.12. The Labute approximate surface area is 106 Å². The first-order chi connectivity index (χ1) is 8.76. The van der Waals surface area contributed by atoms with Gasteiger partial charge in [0.25, 0.3) is 0 Å². The van der Waals surface area contributed by atoms with Crippen molar-refractivity contribution < 1.29 is 9.50 Å². The fraction of sp³-hybridized carbons (Fsp3) is 0.462. The molecule has 1 saturated heterocycles. The van der Waals surface area contributed by atoms with Gasteiger partial charge in [-0.25, -0.2) is 4.39 Å². The molecule has 0 saturated carbocycles. The molecule has 0 radical (unpaired) electrons. The number of benzene rings is 1. The minimum absolute atomic E-state index is 0.0288. The van der Waals surface area contributed by atoms with E-state index in [1.165, 1.54) is 12.1 Å². The van der Waals surface area contributed by atoms with Crippen molar-refractivity contribution in [3.8, 4) is 6.07 Å². The summed E-state index contributed by atoms with van der Waals surface area (Å²) in [7, 11) is 0. The lowest BCUT2D eigenvalue weighted by Gasteiger charge is -2.34. The second-order valence-electron chi connectivity index (χ2n) is 4.34. The lowest BCUT2D eigenvalue weighted by atomic mass is 10.0. The highest BCUT2D eigenvalue weighted by Gasteiger charge is 2.22. The molecule has 5 heteroatoms. The van der Waals surface area contributed by atoms with Crippen LogP contribution in [0.3, 0.4) is 0 Å². The van der Waals surface area contributed by atoms with Crippen LogP contribution in [-0.2, 0) is 0 Å². The van der Waals surface area contributed by atoms with Crippen LogP contribution in [0.15, 0.2) is 18.2 Å². The smallest absolute Gasteiger partial charge is 0.140 e. The molecule has 0 aliphatic carbocycles. The topological polar surface area (TPSA) is 59.3 Å². The predicted octanol–water partition coefficient (Wildman–Crippen LogP) is 0.636. The Kier molecular flexibility index (Phi) is 4.26. The SMILES string of the molecule is N#Cc1cc([C@@H](CO)N2CCNCC2)ccc1F. The first-order valence-electron chi connectivity index (χ1n) is 6.01. The number of piperazine rings is 1. The molecule has 96 valence electrons. The zero-order valence-electron chi connectivity index (χ0n) is 10.1.